The molecule has 5 rings (SSSR count). The maximum atomic E-state index is 12.6. The number of unbranched alkanes of at least 4 members (excludes halogenated alkanes) is 2. The summed E-state index contributed by atoms with van der Waals surface area (Å²) in [6.07, 6.45) is 4.45. The van der Waals surface area contributed by atoms with Crippen molar-refractivity contribution in [2.24, 2.45) is 0 Å². The summed E-state index contributed by atoms with van der Waals surface area (Å²) in [5.41, 5.74) is 12.1. The van der Waals surface area contributed by atoms with E-state index in [0.717, 1.165) is 75.7 Å². The Balaban J connectivity index is 1.87. The standard InChI is InChI=1S/C37H46N4O5/c1-8-10-11-14-46-18-26-21(5)27-15-29-20(4)25(12-13-33(42)43)35(40-29)23(7)36-34(37(44)45)22(6)30(41-36)17-31-24(9-2)19(3)28(38-31)16-32(26)39-27/h15-17,20,25,38-39H,8-14,18H2,1-7H3,(H,42,43)(H,44,45)/t20-,25-/m0/s1. The summed E-state index contributed by atoms with van der Waals surface area (Å²) < 4.78 is 6.17. The van der Waals surface area contributed by atoms with E-state index < -0.39 is 11.9 Å². The largest absolute Gasteiger partial charge is 0.481 e. The van der Waals surface area contributed by atoms with Gasteiger partial charge in [0.25, 0.3) is 0 Å². The van der Waals surface area contributed by atoms with Crippen molar-refractivity contribution in [1.29, 1.82) is 0 Å². The van der Waals surface area contributed by atoms with Gasteiger partial charge in [-0.3, -0.25) is 9.78 Å². The Kier molecular flexibility index (Phi) is 9.82. The van der Waals surface area contributed by atoms with E-state index in [1.54, 1.807) is 6.92 Å². The first-order chi connectivity index (χ1) is 22.0. The first-order valence-corrected chi connectivity index (χ1v) is 16.4. The topological polar surface area (TPSA) is 141 Å². The highest BCUT2D eigenvalue weighted by atomic mass is 16.5. The molecule has 5 heterocycles. The van der Waals surface area contributed by atoms with E-state index in [4.69, 9.17) is 14.7 Å². The molecule has 244 valence electrons. The average Bonchev–Trinajstić information content (AvgIpc) is 3.69. The van der Waals surface area contributed by atoms with Crippen LogP contribution in [0.3, 0.4) is 0 Å². The summed E-state index contributed by atoms with van der Waals surface area (Å²) >= 11 is 0. The molecule has 0 spiro atoms. The number of allylic oxidation sites excluding steroid dienone is 1. The maximum absolute atomic E-state index is 12.6. The van der Waals surface area contributed by atoms with E-state index in [-0.39, 0.29) is 23.8 Å². The van der Waals surface area contributed by atoms with Crippen LogP contribution in [0.5, 0.6) is 0 Å². The average molecular weight is 627 g/mol. The minimum atomic E-state index is -1.05. The van der Waals surface area contributed by atoms with E-state index in [0.29, 0.717) is 47.9 Å². The molecule has 2 atom stereocenters. The second-order valence-electron chi connectivity index (χ2n) is 12.7. The summed E-state index contributed by atoms with van der Waals surface area (Å²) in [5.74, 6) is -2.21. The fourth-order valence-corrected chi connectivity index (χ4v) is 6.91. The molecule has 2 aliphatic heterocycles. The number of hydrogen-bond acceptors (Lipinski definition) is 5. The Morgan fingerprint density at radius 2 is 1.54 bits per heavy atom. The Morgan fingerprint density at radius 3 is 2.20 bits per heavy atom. The third-order valence-corrected chi connectivity index (χ3v) is 9.78. The van der Waals surface area contributed by atoms with E-state index in [1.807, 2.05) is 13.0 Å². The zero-order valence-corrected chi connectivity index (χ0v) is 28.1. The molecule has 3 aromatic heterocycles. The van der Waals surface area contributed by atoms with Gasteiger partial charge in [-0.05, 0) is 93.0 Å². The second kappa shape index (κ2) is 13.6. The molecule has 4 N–H and O–H groups in total. The SMILES string of the molecule is CCCCCOCc1c(C)c2cc3nc(c(C)c4nc(cc5[nH]c(cc1[nH]2)c(C)c5CC)C(C)=C4C(=O)O)[C@@H](CCC(=O)O)[C@@H]3C. The van der Waals surface area contributed by atoms with Crippen LogP contribution >= 0.6 is 0 Å². The Bertz CT molecular complexity index is 1880. The van der Waals surface area contributed by atoms with Crippen molar-refractivity contribution >= 4 is 45.2 Å². The number of carboxylic acid groups (broad SMARTS) is 2. The predicted octanol–water partition coefficient (Wildman–Crippen LogP) is 8.28. The number of aliphatic carboxylic acids is 2. The Labute approximate surface area is 270 Å². The van der Waals surface area contributed by atoms with Crippen LogP contribution in [0.2, 0.25) is 0 Å². The van der Waals surface area contributed by atoms with Gasteiger partial charge in [-0.25, -0.2) is 9.78 Å². The van der Waals surface area contributed by atoms with Crippen molar-refractivity contribution in [2.45, 2.75) is 105 Å². The Morgan fingerprint density at radius 1 is 0.870 bits per heavy atom. The summed E-state index contributed by atoms with van der Waals surface area (Å²) in [7, 11) is 0. The zero-order valence-electron chi connectivity index (χ0n) is 28.1. The molecule has 9 heteroatoms. The molecule has 46 heavy (non-hydrogen) atoms. The van der Waals surface area contributed by atoms with Gasteiger partial charge in [-0.2, -0.15) is 0 Å². The second-order valence-corrected chi connectivity index (χ2v) is 12.7. The van der Waals surface area contributed by atoms with Crippen molar-refractivity contribution in [3.63, 3.8) is 0 Å². The molecule has 0 radical (unpaired) electrons. The van der Waals surface area contributed by atoms with Crippen molar-refractivity contribution in [3.05, 3.63) is 68.8 Å². The summed E-state index contributed by atoms with van der Waals surface area (Å²) in [6, 6.07) is 6.14. The number of rotatable bonds is 11. The maximum Gasteiger partial charge on any atom is 0.338 e. The molecule has 0 saturated carbocycles. The molecule has 0 fully saturated rings. The van der Waals surface area contributed by atoms with Gasteiger partial charge in [0.2, 0.25) is 0 Å². The molecule has 0 amide bonds. The zero-order chi connectivity index (χ0) is 33.3. The first kappa shape index (κ1) is 33.1. The number of hydrogen-bond donors (Lipinski definition) is 4. The van der Waals surface area contributed by atoms with E-state index in [9.17, 15) is 19.8 Å². The summed E-state index contributed by atoms with van der Waals surface area (Å²) in [5, 5.41) is 19.9. The quantitative estimate of drug-likeness (QED) is 0.157. The van der Waals surface area contributed by atoms with Gasteiger partial charge in [-0.1, -0.05) is 33.6 Å². The number of aromatic amines is 2. The molecule has 0 aliphatic carbocycles. The number of H-pyrrole nitrogens is 2. The lowest BCUT2D eigenvalue weighted by molar-refractivity contribution is -0.137. The van der Waals surface area contributed by atoms with Crippen molar-refractivity contribution in [2.75, 3.05) is 6.61 Å². The molecule has 0 unspecified atom stereocenters. The molecule has 0 aromatic carbocycles. The van der Waals surface area contributed by atoms with E-state index >= 15 is 0 Å². The lowest BCUT2D eigenvalue weighted by Gasteiger charge is -2.16. The molecular formula is C37H46N4O5. The van der Waals surface area contributed by atoms with Crippen LogP contribution in [0, 0.1) is 20.8 Å². The summed E-state index contributed by atoms with van der Waals surface area (Å²) in [4.78, 5) is 41.6. The highest BCUT2D eigenvalue weighted by Gasteiger charge is 2.33. The van der Waals surface area contributed by atoms with E-state index in [2.05, 4.69) is 56.7 Å². The molecule has 2 aliphatic rings. The van der Waals surface area contributed by atoms with Gasteiger partial charge < -0.3 is 24.9 Å². The number of nitrogens with one attached hydrogen (secondary N) is 2. The van der Waals surface area contributed by atoms with Crippen LogP contribution in [-0.2, 0) is 27.4 Å². The van der Waals surface area contributed by atoms with Crippen molar-refractivity contribution in [1.82, 2.24) is 19.9 Å². The minimum Gasteiger partial charge on any atom is -0.481 e. The highest BCUT2D eigenvalue weighted by Crippen LogP contribution is 2.43. The number of ether oxygens (including phenoxy) is 1. The van der Waals surface area contributed by atoms with Gasteiger partial charge in [0, 0.05) is 63.9 Å². The van der Waals surface area contributed by atoms with Crippen molar-refractivity contribution in [3.8, 4) is 0 Å². The van der Waals surface area contributed by atoms with Crippen LogP contribution in [-0.4, -0.2) is 48.7 Å². The van der Waals surface area contributed by atoms with Gasteiger partial charge in [0.1, 0.15) is 0 Å². The lowest BCUT2D eigenvalue weighted by Crippen LogP contribution is -2.08. The van der Waals surface area contributed by atoms with Crippen LogP contribution < -0.4 is 0 Å². The number of carbonyl (C=O) groups is 2. The van der Waals surface area contributed by atoms with Crippen LogP contribution in [0.4, 0.5) is 0 Å². The summed E-state index contributed by atoms with van der Waals surface area (Å²) in [6.45, 7) is 15.4. The van der Waals surface area contributed by atoms with Gasteiger partial charge >= 0.3 is 11.9 Å². The highest BCUT2D eigenvalue weighted by molar-refractivity contribution is 6.24. The third-order valence-electron chi connectivity index (χ3n) is 9.78. The third kappa shape index (κ3) is 6.25. The molecule has 0 saturated heterocycles. The number of aryl methyl sites for hydroxylation is 3. The van der Waals surface area contributed by atoms with Crippen LogP contribution in [0.15, 0.2) is 18.2 Å². The molecule has 8 bridgehead atoms. The van der Waals surface area contributed by atoms with Gasteiger partial charge in [-0.15, -0.1) is 0 Å². The van der Waals surface area contributed by atoms with Crippen LogP contribution in [0.25, 0.3) is 33.2 Å². The lowest BCUT2D eigenvalue weighted by atomic mass is 9.85. The normalized spacial score (nSPS) is 16.3. The monoisotopic (exact) mass is 626 g/mol. The molecule has 3 aromatic rings. The number of fused-ring (bicyclic) bond motifs is 8. The predicted molar refractivity (Wildman–Crippen MR) is 182 cm³/mol. The minimum absolute atomic E-state index is 0.0128. The molecule has 9 nitrogen and oxygen atoms in total. The first-order valence-electron chi connectivity index (χ1n) is 16.4. The van der Waals surface area contributed by atoms with Crippen LogP contribution in [0.1, 0.15) is 122 Å². The number of nitrogens with zero attached hydrogens (tertiary/aromatic N) is 2. The fraction of sp³-hybridized carbons (Fsp3) is 0.459. The molecular weight excluding hydrogens is 580 g/mol. The van der Waals surface area contributed by atoms with E-state index in [1.165, 1.54) is 0 Å². The number of aromatic nitrogens is 4. The number of carboxylic acids is 2. The Hall–Kier alpha value is -4.24. The smallest absolute Gasteiger partial charge is 0.338 e. The van der Waals surface area contributed by atoms with Gasteiger partial charge in [0.05, 0.1) is 23.6 Å². The van der Waals surface area contributed by atoms with Crippen molar-refractivity contribution < 1.29 is 24.5 Å². The van der Waals surface area contributed by atoms with Gasteiger partial charge in [0.15, 0.2) is 0 Å². The fourth-order valence-electron chi connectivity index (χ4n) is 6.91.